The van der Waals surface area contributed by atoms with E-state index < -0.39 is 10.8 Å². The predicted octanol–water partition coefficient (Wildman–Crippen LogP) is 1.34. The van der Waals surface area contributed by atoms with Crippen molar-refractivity contribution in [3.8, 4) is 5.75 Å². The largest absolute Gasteiger partial charge is 0.495 e. The lowest BCUT2D eigenvalue weighted by Crippen LogP contribution is -2.38. The number of nitrogens with one attached hydrogen (secondary N) is 2. The summed E-state index contributed by atoms with van der Waals surface area (Å²) in [6.07, 6.45) is 0.770. The van der Waals surface area contributed by atoms with Crippen molar-refractivity contribution in [3.05, 3.63) is 24.3 Å². The van der Waals surface area contributed by atoms with Gasteiger partial charge in [-0.15, -0.1) is 0 Å². The Morgan fingerprint density at radius 1 is 1.44 bits per heavy atom. The maximum atomic E-state index is 11.8. The number of benzene rings is 1. The minimum absolute atomic E-state index is 0.000500. The number of carbonyl (C=O) groups excluding carboxylic acids is 1. The lowest BCUT2D eigenvalue weighted by atomic mass is 10.2. The number of ether oxygens (including phenoxy) is 1. The van der Waals surface area contributed by atoms with Gasteiger partial charge in [0.05, 0.1) is 12.8 Å². The van der Waals surface area contributed by atoms with E-state index in [0.29, 0.717) is 22.9 Å². The molecule has 0 saturated carbocycles. The van der Waals surface area contributed by atoms with Crippen LogP contribution in [0.5, 0.6) is 5.75 Å². The fraction of sp³-hybridized carbons (Fsp3) is 0.417. The van der Waals surface area contributed by atoms with E-state index in [1.54, 1.807) is 19.2 Å². The number of para-hydroxylation sites is 2. The summed E-state index contributed by atoms with van der Waals surface area (Å²) in [4.78, 5) is 11.8. The molecule has 18 heavy (non-hydrogen) atoms. The van der Waals surface area contributed by atoms with Crippen LogP contribution in [0.4, 0.5) is 10.5 Å². The van der Waals surface area contributed by atoms with Crippen LogP contribution in [0.3, 0.4) is 0 Å². The average molecular weight is 268 g/mol. The fourth-order valence-corrected chi connectivity index (χ4v) is 3.28. The van der Waals surface area contributed by atoms with E-state index in [2.05, 4.69) is 10.6 Å². The Labute approximate surface area is 108 Å². The number of rotatable bonds is 3. The highest BCUT2D eigenvalue weighted by atomic mass is 32.2. The van der Waals surface area contributed by atoms with Crippen molar-refractivity contribution < 1.29 is 13.7 Å². The molecule has 0 spiro atoms. The van der Waals surface area contributed by atoms with E-state index in [4.69, 9.17) is 4.74 Å². The molecule has 1 aromatic carbocycles. The van der Waals surface area contributed by atoms with Crippen LogP contribution in [0.1, 0.15) is 6.42 Å². The first-order valence-electron chi connectivity index (χ1n) is 5.74. The summed E-state index contributed by atoms with van der Waals surface area (Å²) in [6.45, 7) is 0. The van der Waals surface area contributed by atoms with Gasteiger partial charge in [0.2, 0.25) is 0 Å². The second kappa shape index (κ2) is 5.86. The lowest BCUT2D eigenvalue weighted by Gasteiger charge is -2.13. The molecule has 1 aliphatic rings. The maximum absolute atomic E-state index is 11.8. The summed E-state index contributed by atoms with van der Waals surface area (Å²) >= 11 is 0. The minimum Gasteiger partial charge on any atom is -0.495 e. The van der Waals surface area contributed by atoms with Gasteiger partial charge in [-0.3, -0.25) is 4.21 Å². The van der Waals surface area contributed by atoms with Crippen LogP contribution in [0.2, 0.25) is 0 Å². The third-order valence-electron chi connectivity index (χ3n) is 2.77. The van der Waals surface area contributed by atoms with Crippen molar-refractivity contribution in [2.45, 2.75) is 12.5 Å². The van der Waals surface area contributed by atoms with Crippen LogP contribution < -0.4 is 15.4 Å². The Bertz CT molecular complexity index is 464. The van der Waals surface area contributed by atoms with Gasteiger partial charge in [-0.2, -0.15) is 0 Å². The Kier molecular flexibility index (Phi) is 4.19. The van der Waals surface area contributed by atoms with Gasteiger partial charge in [0, 0.05) is 28.3 Å². The van der Waals surface area contributed by atoms with Gasteiger partial charge in [0.25, 0.3) is 0 Å². The molecule has 0 unspecified atom stereocenters. The SMILES string of the molecule is COc1ccccc1NC(=O)N[C@@H]1CC[S@](=O)C1. The zero-order chi connectivity index (χ0) is 13.0. The first kappa shape index (κ1) is 12.9. The lowest BCUT2D eigenvalue weighted by molar-refractivity contribution is 0.249. The number of anilines is 1. The quantitative estimate of drug-likeness (QED) is 0.869. The van der Waals surface area contributed by atoms with Crippen LogP contribution in [-0.2, 0) is 10.8 Å². The Balaban J connectivity index is 1.92. The third-order valence-corrected chi connectivity index (χ3v) is 4.24. The molecule has 1 aliphatic heterocycles. The molecule has 6 heteroatoms. The van der Waals surface area contributed by atoms with Gasteiger partial charge in [0.15, 0.2) is 0 Å². The molecule has 98 valence electrons. The predicted molar refractivity (Wildman–Crippen MR) is 71.4 cm³/mol. The van der Waals surface area contributed by atoms with Gasteiger partial charge < -0.3 is 15.4 Å². The van der Waals surface area contributed by atoms with E-state index >= 15 is 0 Å². The van der Waals surface area contributed by atoms with Crippen LogP contribution in [-0.4, -0.2) is 34.9 Å². The normalized spacial score (nSPS) is 22.5. The van der Waals surface area contributed by atoms with Crippen LogP contribution >= 0.6 is 0 Å². The third kappa shape index (κ3) is 3.22. The first-order valence-corrected chi connectivity index (χ1v) is 7.23. The highest BCUT2D eigenvalue weighted by molar-refractivity contribution is 7.85. The Morgan fingerprint density at radius 2 is 2.22 bits per heavy atom. The second-order valence-corrected chi connectivity index (χ2v) is 5.72. The van der Waals surface area contributed by atoms with Gasteiger partial charge in [-0.1, -0.05) is 12.1 Å². The summed E-state index contributed by atoms with van der Waals surface area (Å²) in [5.41, 5.74) is 0.622. The molecule has 1 aromatic rings. The minimum atomic E-state index is -0.789. The van der Waals surface area contributed by atoms with Crippen molar-refractivity contribution in [3.63, 3.8) is 0 Å². The van der Waals surface area contributed by atoms with Crippen molar-refractivity contribution in [1.29, 1.82) is 0 Å². The molecule has 1 saturated heterocycles. The summed E-state index contributed by atoms with van der Waals surface area (Å²) < 4.78 is 16.4. The van der Waals surface area contributed by atoms with Crippen molar-refractivity contribution in [1.82, 2.24) is 5.32 Å². The molecule has 0 aliphatic carbocycles. The summed E-state index contributed by atoms with van der Waals surface area (Å²) in [6, 6.07) is 6.92. The number of hydrogen-bond acceptors (Lipinski definition) is 3. The van der Waals surface area contributed by atoms with E-state index in [1.165, 1.54) is 0 Å². The van der Waals surface area contributed by atoms with E-state index in [0.717, 1.165) is 6.42 Å². The standard InChI is InChI=1S/C12H16N2O3S/c1-17-11-5-3-2-4-10(11)14-12(15)13-9-6-7-18(16)8-9/h2-5,9H,6-8H2,1H3,(H2,13,14,15)/t9-,18+/m1/s1. The average Bonchev–Trinajstić information content (AvgIpc) is 2.75. The zero-order valence-electron chi connectivity index (χ0n) is 10.1. The highest BCUT2D eigenvalue weighted by Crippen LogP contribution is 2.22. The van der Waals surface area contributed by atoms with E-state index in [1.807, 2.05) is 12.1 Å². The van der Waals surface area contributed by atoms with Gasteiger partial charge in [-0.25, -0.2) is 4.79 Å². The van der Waals surface area contributed by atoms with Crippen LogP contribution in [0, 0.1) is 0 Å². The molecule has 2 amide bonds. The van der Waals surface area contributed by atoms with Gasteiger partial charge in [-0.05, 0) is 18.6 Å². The topological polar surface area (TPSA) is 67.4 Å². The number of hydrogen-bond donors (Lipinski definition) is 2. The zero-order valence-corrected chi connectivity index (χ0v) is 11.0. The Hall–Kier alpha value is -1.56. The molecular formula is C12H16N2O3S. The summed E-state index contributed by atoms with van der Waals surface area (Å²) in [7, 11) is 0.765. The molecule has 2 rings (SSSR count). The smallest absolute Gasteiger partial charge is 0.319 e. The highest BCUT2D eigenvalue weighted by Gasteiger charge is 2.22. The van der Waals surface area contributed by atoms with Crippen molar-refractivity contribution in [2.75, 3.05) is 23.9 Å². The maximum Gasteiger partial charge on any atom is 0.319 e. The number of urea groups is 1. The molecule has 0 radical (unpaired) electrons. The van der Waals surface area contributed by atoms with Crippen LogP contribution in [0.15, 0.2) is 24.3 Å². The molecule has 2 atom stereocenters. The molecule has 2 N–H and O–H groups in total. The second-order valence-electron chi connectivity index (χ2n) is 4.09. The Morgan fingerprint density at radius 3 is 2.89 bits per heavy atom. The monoisotopic (exact) mass is 268 g/mol. The molecule has 0 aromatic heterocycles. The molecule has 0 bridgehead atoms. The molecule has 1 heterocycles. The molecule has 1 fully saturated rings. The van der Waals surface area contributed by atoms with Crippen LogP contribution in [0.25, 0.3) is 0 Å². The van der Waals surface area contributed by atoms with E-state index in [9.17, 15) is 9.00 Å². The number of methoxy groups -OCH3 is 1. The summed E-state index contributed by atoms with van der Waals surface area (Å²) in [5.74, 6) is 1.82. The molecule has 5 nitrogen and oxygen atoms in total. The van der Waals surface area contributed by atoms with Gasteiger partial charge >= 0.3 is 6.03 Å². The number of amides is 2. The number of carbonyl (C=O) groups is 1. The summed E-state index contributed by atoms with van der Waals surface area (Å²) in [5, 5.41) is 5.54. The van der Waals surface area contributed by atoms with Crippen molar-refractivity contribution in [2.24, 2.45) is 0 Å². The fourth-order valence-electron chi connectivity index (χ4n) is 1.87. The van der Waals surface area contributed by atoms with Crippen molar-refractivity contribution >= 4 is 22.5 Å². The van der Waals surface area contributed by atoms with E-state index in [-0.39, 0.29) is 12.1 Å². The van der Waals surface area contributed by atoms with Gasteiger partial charge in [0.1, 0.15) is 5.75 Å². The first-order chi connectivity index (χ1) is 8.69. The molecular weight excluding hydrogens is 252 g/mol.